The van der Waals surface area contributed by atoms with Crippen molar-refractivity contribution in [2.75, 3.05) is 7.11 Å². The second kappa shape index (κ2) is 2.25. The molecular formula is C4H6N4O. The van der Waals surface area contributed by atoms with Gasteiger partial charge in [0.2, 0.25) is 5.90 Å². The lowest BCUT2D eigenvalue weighted by molar-refractivity contribution is 0.399. The molecule has 5 heteroatoms. The van der Waals surface area contributed by atoms with Crippen LogP contribution < -0.4 is 0 Å². The zero-order chi connectivity index (χ0) is 6.69. The van der Waals surface area contributed by atoms with Gasteiger partial charge in [0.05, 0.1) is 13.3 Å². The van der Waals surface area contributed by atoms with Crippen molar-refractivity contribution in [3.8, 4) is 0 Å². The van der Waals surface area contributed by atoms with Crippen LogP contribution in [0.4, 0.5) is 0 Å². The van der Waals surface area contributed by atoms with Crippen LogP contribution >= 0.6 is 0 Å². The third-order valence-corrected chi connectivity index (χ3v) is 0.852. The molecule has 0 aliphatic heterocycles. The van der Waals surface area contributed by atoms with Crippen LogP contribution in [0.15, 0.2) is 6.20 Å². The lowest BCUT2D eigenvalue weighted by Crippen LogP contribution is -2.00. The van der Waals surface area contributed by atoms with Gasteiger partial charge >= 0.3 is 0 Å². The molecule has 5 nitrogen and oxygen atoms in total. The molecule has 0 saturated heterocycles. The van der Waals surface area contributed by atoms with Gasteiger partial charge in [-0.25, -0.2) is 0 Å². The molecule has 1 rings (SSSR count). The van der Waals surface area contributed by atoms with Crippen LogP contribution in [0.3, 0.4) is 0 Å². The van der Waals surface area contributed by atoms with Crippen molar-refractivity contribution in [3.63, 3.8) is 0 Å². The Kier molecular flexibility index (Phi) is 1.44. The zero-order valence-corrected chi connectivity index (χ0v) is 4.88. The van der Waals surface area contributed by atoms with Gasteiger partial charge in [-0.3, -0.25) is 5.41 Å². The average molecular weight is 126 g/mol. The summed E-state index contributed by atoms with van der Waals surface area (Å²) in [5, 5.41) is 16.5. The van der Waals surface area contributed by atoms with E-state index >= 15 is 0 Å². The maximum absolute atomic E-state index is 7.05. The SMILES string of the molecule is COC(=N)c1cn[nH]n1. The standard InChI is InChI=1S/C4H6N4O/c1-9-4(5)3-2-6-8-7-3/h2,5H,1H3,(H,6,7,8). The van der Waals surface area contributed by atoms with E-state index in [1.165, 1.54) is 13.3 Å². The van der Waals surface area contributed by atoms with Crippen molar-refractivity contribution < 1.29 is 4.74 Å². The maximum atomic E-state index is 7.05. The van der Waals surface area contributed by atoms with E-state index in [2.05, 4.69) is 20.1 Å². The van der Waals surface area contributed by atoms with Crippen LogP contribution in [-0.2, 0) is 4.74 Å². The summed E-state index contributed by atoms with van der Waals surface area (Å²) in [6, 6.07) is 0. The summed E-state index contributed by atoms with van der Waals surface area (Å²) in [5.41, 5.74) is 0.414. The fourth-order valence-corrected chi connectivity index (χ4v) is 0.416. The minimum absolute atomic E-state index is 0.0174. The van der Waals surface area contributed by atoms with Crippen LogP contribution in [0.25, 0.3) is 0 Å². The molecule has 0 bridgehead atoms. The van der Waals surface area contributed by atoms with E-state index in [9.17, 15) is 0 Å². The molecule has 0 aliphatic carbocycles. The normalized spacial score (nSPS) is 9.00. The molecule has 0 fully saturated rings. The Bertz CT molecular complexity index is 192. The fourth-order valence-electron chi connectivity index (χ4n) is 0.416. The highest BCUT2D eigenvalue weighted by molar-refractivity contribution is 5.88. The smallest absolute Gasteiger partial charge is 0.235 e. The molecular weight excluding hydrogens is 120 g/mol. The minimum atomic E-state index is 0.0174. The Morgan fingerprint density at radius 1 is 1.89 bits per heavy atom. The molecule has 0 spiro atoms. The second-order valence-corrected chi connectivity index (χ2v) is 1.39. The summed E-state index contributed by atoms with van der Waals surface area (Å²) >= 11 is 0. The number of rotatable bonds is 1. The van der Waals surface area contributed by atoms with Crippen molar-refractivity contribution in [2.45, 2.75) is 0 Å². The molecule has 1 heterocycles. The molecule has 0 saturated carbocycles. The van der Waals surface area contributed by atoms with Gasteiger partial charge in [0.25, 0.3) is 0 Å². The summed E-state index contributed by atoms with van der Waals surface area (Å²) in [7, 11) is 1.41. The lowest BCUT2D eigenvalue weighted by Gasteiger charge is -1.92. The van der Waals surface area contributed by atoms with Crippen molar-refractivity contribution >= 4 is 5.90 Å². The van der Waals surface area contributed by atoms with Crippen molar-refractivity contribution in [2.24, 2.45) is 0 Å². The van der Waals surface area contributed by atoms with Crippen molar-refractivity contribution in [1.82, 2.24) is 15.4 Å². The van der Waals surface area contributed by atoms with Gasteiger partial charge < -0.3 is 4.74 Å². The molecule has 0 amide bonds. The third-order valence-electron chi connectivity index (χ3n) is 0.852. The number of H-pyrrole nitrogens is 1. The van der Waals surface area contributed by atoms with Gasteiger partial charge in [-0.1, -0.05) is 0 Å². The number of hydrogen-bond donors (Lipinski definition) is 2. The van der Waals surface area contributed by atoms with Crippen molar-refractivity contribution in [1.29, 1.82) is 5.41 Å². The molecule has 0 radical (unpaired) electrons. The van der Waals surface area contributed by atoms with E-state index in [0.29, 0.717) is 5.69 Å². The Morgan fingerprint density at radius 2 is 2.67 bits per heavy atom. The van der Waals surface area contributed by atoms with E-state index in [0.717, 1.165) is 0 Å². The van der Waals surface area contributed by atoms with E-state index in [4.69, 9.17) is 5.41 Å². The highest BCUT2D eigenvalue weighted by Crippen LogP contribution is 1.89. The maximum Gasteiger partial charge on any atom is 0.235 e. The summed E-state index contributed by atoms with van der Waals surface area (Å²) in [4.78, 5) is 0. The van der Waals surface area contributed by atoms with E-state index in [1.807, 2.05) is 0 Å². The summed E-state index contributed by atoms with van der Waals surface area (Å²) in [6.07, 6.45) is 1.42. The molecule has 48 valence electrons. The number of hydrogen-bond acceptors (Lipinski definition) is 4. The van der Waals surface area contributed by atoms with Crippen LogP contribution in [-0.4, -0.2) is 28.4 Å². The predicted octanol–water partition coefficient (Wildman–Crippen LogP) is -0.224. The first-order chi connectivity index (χ1) is 4.34. The van der Waals surface area contributed by atoms with Gasteiger partial charge in [0.15, 0.2) is 5.69 Å². The molecule has 0 aromatic carbocycles. The van der Waals surface area contributed by atoms with E-state index in [1.54, 1.807) is 0 Å². The van der Waals surface area contributed by atoms with Crippen LogP contribution in [0.5, 0.6) is 0 Å². The third kappa shape index (κ3) is 1.04. The number of nitrogens with zero attached hydrogens (tertiary/aromatic N) is 2. The topological polar surface area (TPSA) is 74.7 Å². The van der Waals surface area contributed by atoms with Gasteiger partial charge in [-0.2, -0.15) is 15.4 Å². The van der Waals surface area contributed by atoms with Gasteiger partial charge in [-0.05, 0) is 0 Å². The van der Waals surface area contributed by atoms with Crippen LogP contribution in [0, 0.1) is 5.41 Å². The number of ether oxygens (including phenoxy) is 1. The first kappa shape index (κ1) is 5.74. The molecule has 1 aromatic rings. The summed E-state index contributed by atoms with van der Waals surface area (Å²) < 4.78 is 4.56. The predicted molar refractivity (Wildman–Crippen MR) is 30.2 cm³/mol. The first-order valence-electron chi connectivity index (χ1n) is 2.33. The first-order valence-corrected chi connectivity index (χ1v) is 2.33. The van der Waals surface area contributed by atoms with E-state index < -0.39 is 0 Å². The Morgan fingerprint density at radius 3 is 3.11 bits per heavy atom. The molecule has 1 aromatic heterocycles. The number of aromatic nitrogens is 3. The number of aromatic amines is 1. The monoisotopic (exact) mass is 126 g/mol. The largest absolute Gasteiger partial charge is 0.480 e. The molecule has 2 N–H and O–H groups in total. The Hall–Kier alpha value is -1.39. The lowest BCUT2D eigenvalue weighted by atomic mass is 10.5. The highest BCUT2D eigenvalue weighted by Gasteiger charge is 2.00. The van der Waals surface area contributed by atoms with Gasteiger partial charge in [0.1, 0.15) is 0 Å². The van der Waals surface area contributed by atoms with Gasteiger partial charge in [-0.15, -0.1) is 0 Å². The molecule has 9 heavy (non-hydrogen) atoms. The summed E-state index contributed by atoms with van der Waals surface area (Å²) in [6.45, 7) is 0. The van der Waals surface area contributed by atoms with E-state index in [-0.39, 0.29) is 5.90 Å². The van der Waals surface area contributed by atoms with Crippen LogP contribution in [0.1, 0.15) is 5.69 Å². The van der Waals surface area contributed by atoms with Crippen LogP contribution in [0.2, 0.25) is 0 Å². The fraction of sp³-hybridized carbons (Fsp3) is 0.250. The quantitative estimate of drug-likeness (QED) is 0.403. The Labute approximate surface area is 51.5 Å². The zero-order valence-electron chi connectivity index (χ0n) is 4.88. The minimum Gasteiger partial charge on any atom is -0.480 e. The second-order valence-electron chi connectivity index (χ2n) is 1.39. The average Bonchev–Trinajstić information content (AvgIpc) is 2.37. The summed E-state index contributed by atoms with van der Waals surface area (Å²) in [5.74, 6) is 0.0174. The Balaban J connectivity index is 2.77. The van der Waals surface area contributed by atoms with Gasteiger partial charge in [0, 0.05) is 0 Å². The number of nitrogens with one attached hydrogen (secondary N) is 2. The highest BCUT2D eigenvalue weighted by atomic mass is 16.5. The van der Waals surface area contributed by atoms with Crippen molar-refractivity contribution in [3.05, 3.63) is 11.9 Å². The molecule has 0 unspecified atom stereocenters. The molecule has 0 atom stereocenters. The number of methoxy groups -OCH3 is 1. The molecule has 0 aliphatic rings.